The summed E-state index contributed by atoms with van der Waals surface area (Å²) in [6.07, 6.45) is -0.533. The summed E-state index contributed by atoms with van der Waals surface area (Å²) in [6.45, 7) is 3.76. The molecule has 0 heterocycles. The molecule has 0 amide bonds. The first-order valence-electron chi connectivity index (χ1n) is 5.11. The second-order valence-corrected chi connectivity index (χ2v) is 3.80. The molecule has 2 rings (SSSR count). The highest BCUT2D eigenvalue weighted by molar-refractivity contribution is 5.95. The van der Waals surface area contributed by atoms with Crippen LogP contribution in [-0.4, -0.2) is 11.3 Å². The fraction of sp³-hybridized carbons (Fsp3) is 0.231. The number of anilines is 1. The molecule has 0 saturated carbocycles. The first-order valence-corrected chi connectivity index (χ1v) is 5.11. The Morgan fingerprint density at radius 3 is 2.60 bits per heavy atom. The topological polar surface area (TPSA) is 32.3 Å². The summed E-state index contributed by atoms with van der Waals surface area (Å²) in [4.78, 5) is 0. The van der Waals surface area contributed by atoms with Crippen LogP contribution in [0.3, 0.4) is 0 Å². The third-order valence-corrected chi connectivity index (χ3v) is 2.49. The summed E-state index contributed by atoms with van der Waals surface area (Å²) in [5.41, 5.74) is 2.16. The van der Waals surface area contributed by atoms with E-state index in [1.165, 1.54) is 5.39 Å². The molecule has 15 heavy (non-hydrogen) atoms. The van der Waals surface area contributed by atoms with E-state index in [1.807, 2.05) is 19.1 Å². The van der Waals surface area contributed by atoms with Gasteiger partial charge in [-0.1, -0.05) is 36.4 Å². The number of aryl methyl sites for hydroxylation is 1. The zero-order chi connectivity index (χ0) is 10.8. The van der Waals surface area contributed by atoms with Crippen LogP contribution in [0.5, 0.6) is 0 Å². The van der Waals surface area contributed by atoms with E-state index in [1.54, 1.807) is 6.92 Å². The second-order valence-electron chi connectivity index (χ2n) is 3.80. The van der Waals surface area contributed by atoms with Gasteiger partial charge in [-0.05, 0) is 24.8 Å². The molecule has 0 aliphatic heterocycles. The lowest BCUT2D eigenvalue weighted by Gasteiger charge is -2.14. The van der Waals surface area contributed by atoms with E-state index >= 15 is 0 Å². The Bertz CT molecular complexity index is 477. The van der Waals surface area contributed by atoms with Gasteiger partial charge >= 0.3 is 0 Å². The third kappa shape index (κ3) is 1.95. The molecule has 0 aliphatic carbocycles. The SMILES string of the molecule is Cc1ccc2ccccc2c1NC(C)O. The predicted molar refractivity (Wildman–Crippen MR) is 64.0 cm³/mol. The molecule has 2 N–H and O–H groups in total. The summed E-state index contributed by atoms with van der Waals surface area (Å²) in [6, 6.07) is 12.3. The Hall–Kier alpha value is -1.54. The minimum absolute atomic E-state index is 0.533. The van der Waals surface area contributed by atoms with Crippen LogP contribution >= 0.6 is 0 Å². The molecule has 0 aliphatic rings. The number of hydrogen-bond donors (Lipinski definition) is 2. The maximum Gasteiger partial charge on any atom is 0.121 e. The quantitative estimate of drug-likeness (QED) is 0.732. The van der Waals surface area contributed by atoms with Gasteiger partial charge in [0.1, 0.15) is 6.23 Å². The van der Waals surface area contributed by atoms with Gasteiger partial charge in [-0.3, -0.25) is 0 Å². The molecular weight excluding hydrogens is 186 g/mol. The van der Waals surface area contributed by atoms with Gasteiger partial charge in [0, 0.05) is 11.1 Å². The number of rotatable bonds is 2. The minimum atomic E-state index is -0.533. The number of fused-ring (bicyclic) bond motifs is 1. The van der Waals surface area contributed by atoms with Crippen molar-refractivity contribution in [2.75, 3.05) is 5.32 Å². The van der Waals surface area contributed by atoms with Crippen LogP contribution in [-0.2, 0) is 0 Å². The van der Waals surface area contributed by atoms with Crippen molar-refractivity contribution >= 4 is 16.5 Å². The molecule has 2 aromatic carbocycles. The maximum absolute atomic E-state index is 9.38. The average Bonchev–Trinajstić information content (AvgIpc) is 2.22. The van der Waals surface area contributed by atoms with Crippen LogP contribution in [0, 0.1) is 6.92 Å². The van der Waals surface area contributed by atoms with Crippen molar-refractivity contribution in [3.05, 3.63) is 42.0 Å². The van der Waals surface area contributed by atoms with E-state index in [2.05, 4.69) is 29.6 Å². The largest absolute Gasteiger partial charge is 0.374 e. The number of aliphatic hydroxyl groups excluding tert-OH is 1. The van der Waals surface area contributed by atoms with E-state index in [0.717, 1.165) is 16.6 Å². The summed E-state index contributed by atoms with van der Waals surface area (Å²) in [7, 11) is 0. The summed E-state index contributed by atoms with van der Waals surface area (Å²) in [5.74, 6) is 0. The molecule has 0 radical (unpaired) electrons. The van der Waals surface area contributed by atoms with Gasteiger partial charge in [0.15, 0.2) is 0 Å². The normalized spacial score (nSPS) is 12.7. The lowest BCUT2D eigenvalue weighted by molar-refractivity contribution is 0.224. The van der Waals surface area contributed by atoms with Crippen molar-refractivity contribution in [2.45, 2.75) is 20.1 Å². The van der Waals surface area contributed by atoms with Crippen molar-refractivity contribution < 1.29 is 5.11 Å². The zero-order valence-corrected chi connectivity index (χ0v) is 8.99. The number of hydrogen-bond acceptors (Lipinski definition) is 2. The molecule has 0 aromatic heterocycles. The van der Waals surface area contributed by atoms with Gasteiger partial charge in [-0.25, -0.2) is 0 Å². The Kier molecular flexibility index (Phi) is 2.60. The molecule has 0 saturated heterocycles. The van der Waals surface area contributed by atoms with E-state index in [-0.39, 0.29) is 0 Å². The smallest absolute Gasteiger partial charge is 0.121 e. The standard InChI is InChI=1S/C13H15NO/c1-9-7-8-11-5-3-4-6-12(11)13(9)14-10(2)15/h3-8,10,14-15H,1-2H3. The van der Waals surface area contributed by atoms with Crippen molar-refractivity contribution in [3.63, 3.8) is 0 Å². The number of aliphatic hydroxyl groups is 1. The minimum Gasteiger partial charge on any atom is -0.374 e. The van der Waals surface area contributed by atoms with Crippen molar-refractivity contribution in [1.29, 1.82) is 0 Å². The van der Waals surface area contributed by atoms with Crippen LogP contribution in [0.15, 0.2) is 36.4 Å². The van der Waals surface area contributed by atoms with Crippen LogP contribution < -0.4 is 5.32 Å². The van der Waals surface area contributed by atoms with Crippen molar-refractivity contribution in [3.8, 4) is 0 Å². The Morgan fingerprint density at radius 2 is 1.87 bits per heavy atom. The van der Waals surface area contributed by atoms with Gasteiger partial charge in [-0.15, -0.1) is 0 Å². The Balaban J connectivity index is 2.63. The first kappa shape index (κ1) is 9.99. The monoisotopic (exact) mass is 201 g/mol. The Labute approximate surface area is 89.6 Å². The van der Waals surface area contributed by atoms with Gasteiger partial charge in [0.2, 0.25) is 0 Å². The lowest BCUT2D eigenvalue weighted by atomic mass is 10.0. The van der Waals surface area contributed by atoms with Gasteiger partial charge in [-0.2, -0.15) is 0 Å². The van der Waals surface area contributed by atoms with Crippen LogP contribution in [0.4, 0.5) is 5.69 Å². The number of benzene rings is 2. The summed E-state index contributed by atoms with van der Waals surface area (Å²) < 4.78 is 0. The van der Waals surface area contributed by atoms with Crippen LogP contribution in [0.25, 0.3) is 10.8 Å². The molecule has 1 unspecified atom stereocenters. The predicted octanol–water partition coefficient (Wildman–Crippen LogP) is 2.90. The van der Waals surface area contributed by atoms with Gasteiger partial charge in [0.25, 0.3) is 0 Å². The molecule has 0 spiro atoms. The summed E-state index contributed by atoms with van der Waals surface area (Å²) in [5, 5.41) is 14.8. The zero-order valence-electron chi connectivity index (χ0n) is 8.99. The van der Waals surface area contributed by atoms with Crippen LogP contribution in [0.2, 0.25) is 0 Å². The highest BCUT2D eigenvalue weighted by atomic mass is 16.3. The molecule has 2 heteroatoms. The second kappa shape index (κ2) is 3.91. The van der Waals surface area contributed by atoms with Gasteiger partial charge in [0.05, 0.1) is 0 Å². The van der Waals surface area contributed by atoms with E-state index in [9.17, 15) is 5.11 Å². The fourth-order valence-electron chi connectivity index (χ4n) is 1.78. The molecule has 2 nitrogen and oxygen atoms in total. The lowest BCUT2D eigenvalue weighted by Crippen LogP contribution is -2.14. The molecule has 1 atom stereocenters. The highest BCUT2D eigenvalue weighted by Gasteiger charge is 2.05. The summed E-state index contributed by atoms with van der Waals surface area (Å²) >= 11 is 0. The molecule has 2 aromatic rings. The first-order chi connectivity index (χ1) is 7.18. The van der Waals surface area contributed by atoms with Crippen LogP contribution in [0.1, 0.15) is 12.5 Å². The molecule has 0 bridgehead atoms. The maximum atomic E-state index is 9.38. The molecule has 78 valence electrons. The number of nitrogens with one attached hydrogen (secondary N) is 1. The van der Waals surface area contributed by atoms with Gasteiger partial charge < -0.3 is 10.4 Å². The average molecular weight is 201 g/mol. The van der Waals surface area contributed by atoms with E-state index < -0.39 is 6.23 Å². The van der Waals surface area contributed by atoms with Crippen molar-refractivity contribution in [1.82, 2.24) is 0 Å². The van der Waals surface area contributed by atoms with E-state index in [0.29, 0.717) is 0 Å². The van der Waals surface area contributed by atoms with Crippen molar-refractivity contribution in [2.24, 2.45) is 0 Å². The Morgan fingerprint density at radius 1 is 1.13 bits per heavy atom. The molecular formula is C13H15NO. The third-order valence-electron chi connectivity index (χ3n) is 2.49. The molecule has 0 fully saturated rings. The fourth-order valence-corrected chi connectivity index (χ4v) is 1.78. The van der Waals surface area contributed by atoms with E-state index in [4.69, 9.17) is 0 Å². The highest BCUT2D eigenvalue weighted by Crippen LogP contribution is 2.27.